The van der Waals surface area contributed by atoms with Gasteiger partial charge < -0.3 is 10.6 Å². The van der Waals surface area contributed by atoms with Crippen molar-refractivity contribution in [2.24, 2.45) is 5.92 Å². The Hall–Kier alpha value is -0.940. The van der Waals surface area contributed by atoms with Crippen LogP contribution in [0.1, 0.15) is 64.1 Å². The van der Waals surface area contributed by atoms with Crippen LogP contribution >= 0.6 is 11.3 Å². The molecule has 1 saturated carbocycles. The normalized spacial score (nSPS) is 17.9. The van der Waals surface area contributed by atoms with Crippen molar-refractivity contribution in [2.75, 3.05) is 11.9 Å². The van der Waals surface area contributed by atoms with Crippen molar-refractivity contribution in [2.45, 2.75) is 58.4 Å². The standard InChI is InChI=1S/C15H25N3OS/c1-3-16-11(2)13-10-20-15(17-13)18-14(19)9-12-7-5-4-6-8-12/h10-12,16H,3-9H2,1-2H3,(H,17,18,19). The average Bonchev–Trinajstić information content (AvgIpc) is 2.88. The first-order valence-corrected chi connectivity index (χ1v) is 8.55. The first-order chi connectivity index (χ1) is 9.69. The largest absolute Gasteiger partial charge is 0.309 e. The maximum Gasteiger partial charge on any atom is 0.226 e. The van der Waals surface area contributed by atoms with E-state index in [0.717, 1.165) is 17.4 Å². The molecule has 1 atom stereocenters. The van der Waals surface area contributed by atoms with E-state index in [1.807, 2.05) is 5.38 Å². The summed E-state index contributed by atoms with van der Waals surface area (Å²) in [7, 11) is 0. The average molecular weight is 295 g/mol. The van der Waals surface area contributed by atoms with Crippen molar-refractivity contribution in [1.82, 2.24) is 10.3 Å². The molecule has 20 heavy (non-hydrogen) atoms. The quantitative estimate of drug-likeness (QED) is 0.841. The van der Waals surface area contributed by atoms with Gasteiger partial charge in [0.2, 0.25) is 5.91 Å². The third-order valence-corrected chi connectivity index (χ3v) is 4.70. The SMILES string of the molecule is CCNC(C)c1csc(NC(=O)CC2CCCCC2)n1. The molecule has 0 spiro atoms. The van der Waals surface area contributed by atoms with Gasteiger partial charge in [0, 0.05) is 17.8 Å². The predicted octanol–water partition coefficient (Wildman–Crippen LogP) is 3.72. The van der Waals surface area contributed by atoms with Gasteiger partial charge >= 0.3 is 0 Å². The number of hydrogen-bond donors (Lipinski definition) is 2. The summed E-state index contributed by atoms with van der Waals surface area (Å²) in [6, 6.07) is 0.236. The minimum absolute atomic E-state index is 0.119. The third-order valence-electron chi connectivity index (χ3n) is 3.92. The van der Waals surface area contributed by atoms with E-state index in [1.54, 1.807) is 0 Å². The Labute approximate surface area is 125 Å². The summed E-state index contributed by atoms with van der Waals surface area (Å²) < 4.78 is 0. The van der Waals surface area contributed by atoms with Gasteiger partial charge in [-0.15, -0.1) is 11.3 Å². The van der Waals surface area contributed by atoms with Crippen molar-refractivity contribution in [1.29, 1.82) is 0 Å². The second kappa shape index (κ2) is 7.74. The Morgan fingerprint density at radius 3 is 2.90 bits per heavy atom. The molecule has 1 fully saturated rings. The second-order valence-electron chi connectivity index (χ2n) is 5.61. The van der Waals surface area contributed by atoms with Crippen molar-refractivity contribution >= 4 is 22.4 Å². The molecule has 1 aromatic rings. The van der Waals surface area contributed by atoms with E-state index in [4.69, 9.17) is 0 Å². The van der Waals surface area contributed by atoms with E-state index in [1.165, 1.54) is 43.4 Å². The van der Waals surface area contributed by atoms with Crippen LogP contribution in [0.5, 0.6) is 0 Å². The van der Waals surface area contributed by atoms with Crippen LogP contribution in [0.25, 0.3) is 0 Å². The topological polar surface area (TPSA) is 54.0 Å². The van der Waals surface area contributed by atoms with Gasteiger partial charge in [-0.2, -0.15) is 0 Å². The maximum atomic E-state index is 12.0. The summed E-state index contributed by atoms with van der Waals surface area (Å²) in [4.78, 5) is 16.5. The molecule has 5 heteroatoms. The number of hydrogen-bond acceptors (Lipinski definition) is 4. The summed E-state index contributed by atoms with van der Waals surface area (Å²) in [5.74, 6) is 0.692. The van der Waals surface area contributed by atoms with Gasteiger partial charge in [-0.1, -0.05) is 26.2 Å². The smallest absolute Gasteiger partial charge is 0.226 e. The summed E-state index contributed by atoms with van der Waals surface area (Å²) >= 11 is 1.51. The van der Waals surface area contributed by atoms with Gasteiger partial charge in [-0.05, 0) is 32.2 Å². The predicted molar refractivity (Wildman–Crippen MR) is 84.0 cm³/mol. The molecule has 2 N–H and O–H groups in total. The van der Waals surface area contributed by atoms with E-state index in [-0.39, 0.29) is 11.9 Å². The van der Waals surface area contributed by atoms with E-state index in [2.05, 4.69) is 29.5 Å². The monoisotopic (exact) mass is 295 g/mol. The molecule has 1 aliphatic rings. The zero-order chi connectivity index (χ0) is 14.4. The Kier molecular flexibility index (Phi) is 5.98. The highest BCUT2D eigenvalue weighted by Crippen LogP contribution is 2.27. The molecule has 4 nitrogen and oxygen atoms in total. The molecule has 0 aliphatic heterocycles. The number of nitrogens with one attached hydrogen (secondary N) is 2. The lowest BCUT2D eigenvalue weighted by molar-refractivity contribution is -0.117. The van der Waals surface area contributed by atoms with Gasteiger partial charge in [0.15, 0.2) is 5.13 Å². The highest BCUT2D eigenvalue weighted by molar-refractivity contribution is 7.13. The fourth-order valence-corrected chi connectivity index (χ4v) is 3.60. The van der Waals surface area contributed by atoms with E-state index < -0.39 is 0 Å². The van der Waals surface area contributed by atoms with Crippen molar-refractivity contribution < 1.29 is 4.79 Å². The number of rotatable bonds is 6. The van der Waals surface area contributed by atoms with Gasteiger partial charge in [0.1, 0.15) is 0 Å². The van der Waals surface area contributed by atoms with E-state index >= 15 is 0 Å². The lowest BCUT2D eigenvalue weighted by Gasteiger charge is -2.20. The van der Waals surface area contributed by atoms with Gasteiger partial charge in [-0.3, -0.25) is 4.79 Å². The van der Waals surface area contributed by atoms with Crippen molar-refractivity contribution in [3.8, 4) is 0 Å². The van der Waals surface area contributed by atoms with Crippen LogP contribution in [-0.4, -0.2) is 17.4 Å². The molecular weight excluding hydrogens is 270 g/mol. The fraction of sp³-hybridized carbons (Fsp3) is 0.733. The number of aromatic nitrogens is 1. The molecule has 1 aromatic heterocycles. The van der Waals surface area contributed by atoms with Crippen molar-refractivity contribution in [3.05, 3.63) is 11.1 Å². The van der Waals surface area contributed by atoms with Gasteiger partial charge in [-0.25, -0.2) is 4.98 Å². The molecular formula is C15H25N3OS. The van der Waals surface area contributed by atoms with Crippen molar-refractivity contribution in [3.63, 3.8) is 0 Å². The van der Waals surface area contributed by atoms with Crippen LogP contribution in [0.2, 0.25) is 0 Å². The van der Waals surface area contributed by atoms with E-state index in [0.29, 0.717) is 12.3 Å². The first kappa shape index (κ1) is 15.4. The van der Waals surface area contributed by atoms with Crippen LogP contribution in [0.15, 0.2) is 5.38 Å². The van der Waals surface area contributed by atoms with Crippen LogP contribution in [0.4, 0.5) is 5.13 Å². The molecule has 1 heterocycles. The number of nitrogens with zero attached hydrogens (tertiary/aromatic N) is 1. The summed E-state index contributed by atoms with van der Waals surface area (Å²) in [6.07, 6.45) is 6.94. The highest BCUT2D eigenvalue weighted by atomic mass is 32.1. The van der Waals surface area contributed by atoms with Gasteiger partial charge in [0.05, 0.1) is 5.69 Å². The second-order valence-corrected chi connectivity index (χ2v) is 6.47. The number of amides is 1. The van der Waals surface area contributed by atoms with E-state index in [9.17, 15) is 4.79 Å². The molecule has 2 rings (SSSR count). The van der Waals surface area contributed by atoms with Gasteiger partial charge in [0.25, 0.3) is 0 Å². The zero-order valence-electron chi connectivity index (χ0n) is 12.4. The number of carbonyl (C=O) groups excluding carboxylic acids is 1. The number of carbonyl (C=O) groups is 1. The highest BCUT2D eigenvalue weighted by Gasteiger charge is 2.18. The lowest BCUT2D eigenvalue weighted by atomic mass is 9.87. The first-order valence-electron chi connectivity index (χ1n) is 7.67. The van der Waals surface area contributed by atoms with Crippen LogP contribution in [0, 0.1) is 5.92 Å². The lowest BCUT2D eigenvalue weighted by Crippen LogP contribution is -2.19. The van der Waals surface area contributed by atoms with Crippen LogP contribution in [0.3, 0.4) is 0 Å². The molecule has 1 unspecified atom stereocenters. The zero-order valence-corrected chi connectivity index (χ0v) is 13.3. The Morgan fingerprint density at radius 2 is 2.20 bits per heavy atom. The molecule has 0 radical (unpaired) electrons. The minimum atomic E-state index is 0.119. The third kappa shape index (κ3) is 4.56. The summed E-state index contributed by atoms with van der Waals surface area (Å²) in [6.45, 7) is 5.09. The van der Waals surface area contributed by atoms with Crippen LogP contribution in [-0.2, 0) is 4.79 Å². The molecule has 1 aliphatic carbocycles. The molecule has 0 aromatic carbocycles. The molecule has 0 bridgehead atoms. The Morgan fingerprint density at radius 1 is 1.45 bits per heavy atom. The fourth-order valence-electron chi connectivity index (χ4n) is 2.78. The molecule has 112 valence electrons. The molecule has 1 amide bonds. The summed E-state index contributed by atoms with van der Waals surface area (Å²) in [5, 5.41) is 9.02. The number of anilines is 1. The van der Waals surface area contributed by atoms with Crippen LogP contribution < -0.4 is 10.6 Å². The Bertz CT molecular complexity index is 427. The summed E-state index contributed by atoms with van der Waals surface area (Å²) in [5.41, 5.74) is 1.00. The number of thiazole rings is 1. The Balaban J connectivity index is 1.81. The minimum Gasteiger partial charge on any atom is -0.309 e. The maximum absolute atomic E-state index is 12.0. The molecule has 0 saturated heterocycles.